The van der Waals surface area contributed by atoms with Crippen molar-refractivity contribution < 1.29 is 9.53 Å². The van der Waals surface area contributed by atoms with Gasteiger partial charge in [0.2, 0.25) is 0 Å². The molecule has 1 aliphatic rings. The summed E-state index contributed by atoms with van der Waals surface area (Å²) < 4.78 is 5.70. The summed E-state index contributed by atoms with van der Waals surface area (Å²) in [5.41, 5.74) is 7.23. The lowest BCUT2D eigenvalue weighted by molar-refractivity contribution is 0.0727. The predicted molar refractivity (Wildman–Crippen MR) is 97.7 cm³/mol. The lowest BCUT2D eigenvalue weighted by atomic mass is 10.1. The standard InChI is InChI=1S/C19H24N2O2S/c1-13-3-8-18(23-10-9-20)17(11-13)19(22)21(15-5-6-15)12-16-7-4-14(2)24-16/h3-4,7-8,11,15H,5-6,9-10,12,20H2,1-2H3. The number of carbonyl (C=O) groups excluding carboxylic acids is 1. The van der Waals surface area contributed by atoms with Crippen molar-refractivity contribution in [1.29, 1.82) is 0 Å². The maximum atomic E-state index is 13.2. The number of benzene rings is 1. The first-order valence-corrected chi connectivity index (χ1v) is 9.20. The molecule has 0 unspecified atom stereocenters. The molecule has 24 heavy (non-hydrogen) atoms. The molecule has 5 heteroatoms. The highest BCUT2D eigenvalue weighted by atomic mass is 32.1. The van der Waals surface area contributed by atoms with Crippen LogP contribution >= 0.6 is 11.3 Å². The molecule has 4 nitrogen and oxygen atoms in total. The zero-order valence-corrected chi connectivity index (χ0v) is 15.1. The number of ether oxygens (including phenoxy) is 1. The summed E-state index contributed by atoms with van der Waals surface area (Å²) in [5, 5.41) is 0. The van der Waals surface area contributed by atoms with E-state index in [1.165, 1.54) is 9.75 Å². The van der Waals surface area contributed by atoms with Crippen molar-refractivity contribution in [2.75, 3.05) is 13.2 Å². The number of thiophene rings is 1. The molecule has 1 aromatic heterocycles. The fraction of sp³-hybridized carbons (Fsp3) is 0.421. The van der Waals surface area contributed by atoms with Crippen LogP contribution in [0.2, 0.25) is 0 Å². The van der Waals surface area contributed by atoms with E-state index in [4.69, 9.17) is 10.5 Å². The van der Waals surface area contributed by atoms with Gasteiger partial charge in [0.15, 0.2) is 0 Å². The zero-order valence-electron chi connectivity index (χ0n) is 14.2. The van der Waals surface area contributed by atoms with Crippen LogP contribution in [-0.4, -0.2) is 30.0 Å². The van der Waals surface area contributed by atoms with Gasteiger partial charge in [-0.1, -0.05) is 11.6 Å². The number of nitrogens with zero attached hydrogens (tertiary/aromatic N) is 1. The van der Waals surface area contributed by atoms with E-state index >= 15 is 0 Å². The van der Waals surface area contributed by atoms with E-state index < -0.39 is 0 Å². The number of carbonyl (C=O) groups is 1. The first-order valence-electron chi connectivity index (χ1n) is 8.38. The number of rotatable bonds is 7. The smallest absolute Gasteiger partial charge is 0.258 e. The van der Waals surface area contributed by atoms with Gasteiger partial charge in [0.05, 0.1) is 12.1 Å². The van der Waals surface area contributed by atoms with Gasteiger partial charge in [0.1, 0.15) is 12.4 Å². The molecule has 128 valence electrons. The first kappa shape index (κ1) is 17.0. The molecule has 0 spiro atoms. The molecule has 3 rings (SSSR count). The van der Waals surface area contributed by atoms with Gasteiger partial charge in [0.25, 0.3) is 5.91 Å². The lowest BCUT2D eigenvalue weighted by Crippen LogP contribution is -2.32. The normalized spacial score (nSPS) is 13.8. The average Bonchev–Trinajstić information content (AvgIpc) is 3.33. The van der Waals surface area contributed by atoms with Gasteiger partial charge in [-0.3, -0.25) is 4.79 Å². The highest BCUT2D eigenvalue weighted by Gasteiger charge is 2.34. The number of hydrogen-bond acceptors (Lipinski definition) is 4. The minimum Gasteiger partial charge on any atom is -0.491 e. The van der Waals surface area contributed by atoms with E-state index in [1.807, 2.05) is 30.0 Å². The Bertz CT molecular complexity index is 722. The molecule has 1 amide bonds. The topological polar surface area (TPSA) is 55.6 Å². The summed E-state index contributed by atoms with van der Waals surface area (Å²) in [6.07, 6.45) is 2.17. The highest BCUT2D eigenvalue weighted by molar-refractivity contribution is 7.11. The molecular weight excluding hydrogens is 320 g/mol. The minimum absolute atomic E-state index is 0.0549. The Morgan fingerprint density at radius 2 is 2.08 bits per heavy atom. The second kappa shape index (κ2) is 7.36. The Kier molecular flexibility index (Phi) is 5.21. The van der Waals surface area contributed by atoms with E-state index in [1.54, 1.807) is 11.3 Å². The van der Waals surface area contributed by atoms with Gasteiger partial charge < -0.3 is 15.4 Å². The number of aryl methyl sites for hydroxylation is 2. The third kappa shape index (κ3) is 3.97. The van der Waals surface area contributed by atoms with Crippen molar-refractivity contribution in [2.45, 2.75) is 39.3 Å². The maximum Gasteiger partial charge on any atom is 0.258 e. The largest absolute Gasteiger partial charge is 0.491 e. The van der Waals surface area contributed by atoms with Gasteiger partial charge in [-0.2, -0.15) is 0 Å². The minimum atomic E-state index is 0.0549. The molecule has 0 aliphatic heterocycles. The Hall–Kier alpha value is -1.85. The van der Waals surface area contributed by atoms with Crippen molar-refractivity contribution in [3.8, 4) is 5.75 Å². The van der Waals surface area contributed by atoms with Crippen LogP contribution in [0.25, 0.3) is 0 Å². The van der Waals surface area contributed by atoms with Gasteiger partial charge in [0, 0.05) is 22.3 Å². The molecule has 0 atom stereocenters. The summed E-state index contributed by atoms with van der Waals surface area (Å²) in [4.78, 5) is 17.7. The van der Waals surface area contributed by atoms with Crippen LogP contribution in [0, 0.1) is 13.8 Å². The van der Waals surface area contributed by atoms with Crippen molar-refractivity contribution in [3.05, 3.63) is 51.2 Å². The average molecular weight is 344 g/mol. The molecule has 1 aliphatic carbocycles. The highest BCUT2D eigenvalue weighted by Crippen LogP contribution is 2.33. The lowest BCUT2D eigenvalue weighted by Gasteiger charge is -2.23. The molecule has 0 saturated heterocycles. The summed E-state index contributed by atoms with van der Waals surface area (Å²) in [7, 11) is 0. The van der Waals surface area contributed by atoms with Crippen LogP contribution in [0.15, 0.2) is 30.3 Å². The van der Waals surface area contributed by atoms with Crippen LogP contribution < -0.4 is 10.5 Å². The Labute approximate surface area is 147 Å². The van der Waals surface area contributed by atoms with Gasteiger partial charge in [-0.05, 0) is 51.0 Å². The number of hydrogen-bond donors (Lipinski definition) is 1. The Morgan fingerprint density at radius 3 is 2.71 bits per heavy atom. The molecular formula is C19H24N2O2S. The molecule has 1 saturated carbocycles. The van der Waals surface area contributed by atoms with E-state index in [9.17, 15) is 4.79 Å². The van der Waals surface area contributed by atoms with Crippen molar-refractivity contribution in [1.82, 2.24) is 4.90 Å². The quantitative estimate of drug-likeness (QED) is 0.836. The maximum absolute atomic E-state index is 13.2. The summed E-state index contributed by atoms with van der Waals surface area (Å²) in [5.74, 6) is 0.684. The second-order valence-corrected chi connectivity index (χ2v) is 7.69. The predicted octanol–water partition coefficient (Wildman–Crippen LogP) is 3.51. The Balaban J connectivity index is 1.85. The summed E-state index contributed by atoms with van der Waals surface area (Å²) in [6, 6.07) is 10.3. The number of nitrogens with two attached hydrogens (primary N) is 1. The molecule has 1 fully saturated rings. The Morgan fingerprint density at radius 1 is 1.29 bits per heavy atom. The van der Waals surface area contributed by atoms with Crippen molar-refractivity contribution in [3.63, 3.8) is 0 Å². The van der Waals surface area contributed by atoms with Gasteiger partial charge in [-0.15, -0.1) is 11.3 Å². The molecule has 2 N–H and O–H groups in total. The van der Waals surface area contributed by atoms with Gasteiger partial charge in [-0.25, -0.2) is 0 Å². The number of amides is 1. The van der Waals surface area contributed by atoms with Crippen molar-refractivity contribution >= 4 is 17.2 Å². The van der Waals surface area contributed by atoms with Crippen LogP contribution in [0.3, 0.4) is 0 Å². The second-order valence-electron chi connectivity index (χ2n) is 6.31. The molecule has 0 bridgehead atoms. The molecule has 0 radical (unpaired) electrons. The molecule has 1 heterocycles. The van der Waals surface area contributed by atoms with E-state index in [0.717, 1.165) is 18.4 Å². The van der Waals surface area contributed by atoms with E-state index in [-0.39, 0.29) is 5.91 Å². The SMILES string of the molecule is Cc1ccc(OCCN)c(C(=O)N(Cc2ccc(C)s2)C2CC2)c1. The summed E-state index contributed by atoms with van der Waals surface area (Å²) in [6.45, 7) is 5.61. The third-order valence-corrected chi connectivity index (χ3v) is 5.10. The van der Waals surface area contributed by atoms with Crippen LogP contribution in [-0.2, 0) is 6.54 Å². The summed E-state index contributed by atoms with van der Waals surface area (Å²) >= 11 is 1.75. The molecule has 1 aromatic carbocycles. The fourth-order valence-electron chi connectivity index (χ4n) is 2.75. The first-order chi connectivity index (χ1) is 11.6. The van der Waals surface area contributed by atoms with E-state index in [2.05, 4.69) is 19.1 Å². The van der Waals surface area contributed by atoms with E-state index in [0.29, 0.717) is 37.1 Å². The monoisotopic (exact) mass is 344 g/mol. The fourth-order valence-corrected chi connectivity index (χ4v) is 3.64. The van der Waals surface area contributed by atoms with Crippen LogP contribution in [0.1, 0.15) is 38.5 Å². The van der Waals surface area contributed by atoms with Gasteiger partial charge >= 0.3 is 0 Å². The molecule has 2 aromatic rings. The van der Waals surface area contributed by atoms with Crippen molar-refractivity contribution in [2.24, 2.45) is 5.73 Å². The zero-order chi connectivity index (χ0) is 17.1. The van der Waals surface area contributed by atoms with Crippen LogP contribution in [0.5, 0.6) is 5.75 Å². The van der Waals surface area contributed by atoms with Crippen LogP contribution in [0.4, 0.5) is 0 Å². The third-order valence-electron chi connectivity index (χ3n) is 4.11.